The molecule has 1 heterocycles. The highest BCUT2D eigenvalue weighted by Crippen LogP contribution is 2.19. The summed E-state index contributed by atoms with van der Waals surface area (Å²) in [6.45, 7) is 6.02. The molecular formula is C16H23N3O2. The molecular weight excluding hydrogens is 266 g/mol. The van der Waals surface area contributed by atoms with Crippen molar-refractivity contribution in [1.29, 1.82) is 0 Å². The molecule has 0 aliphatic heterocycles. The highest BCUT2D eigenvalue weighted by atomic mass is 16.5. The molecule has 1 aromatic carbocycles. The number of nitrogens with one attached hydrogen (secondary N) is 1. The van der Waals surface area contributed by atoms with Gasteiger partial charge in [-0.2, -0.15) is 0 Å². The first-order chi connectivity index (χ1) is 10.0. The highest BCUT2D eigenvalue weighted by molar-refractivity contribution is 5.98. The van der Waals surface area contributed by atoms with E-state index in [1.54, 1.807) is 7.11 Å². The number of fused-ring (bicyclic) bond motifs is 1. The number of rotatable bonds is 6. The van der Waals surface area contributed by atoms with Crippen LogP contribution in [-0.4, -0.2) is 42.6 Å². The molecule has 21 heavy (non-hydrogen) atoms. The van der Waals surface area contributed by atoms with Crippen LogP contribution in [0, 0.1) is 5.92 Å². The maximum Gasteiger partial charge on any atom is 0.270 e. The minimum Gasteiger partial charge on any atom is -0.399 e. The Balaban J connectivity index is 2.24. The van der Waals surface area contributed by atoms with Crippen molar-refractivity contribution in [1.82, 2.24) is 9.88 Å². The predicted molar refractivity (Wildman–Crippen MR) is 85.3 cm³/mol. The molecule has 5 nitrogen and oxygen atoms in total. The van der Waals surface area contributed by atoms with E-state index in [0.29, 0.717) is 37.0 Å². The number of nitrogens with zero attached hydrogens (tertiary/aromatic N) is 1. The van der Waals surface area contributed by atoms with E-state index in [2.05, 4.69) is 18.8 Å². The third-order valence-electron chi connectivity index (χ3n) is 3.31. The Morgan fingerprint density at radius 3 is 2.81 bits per heavy atom. The number of aromatic nitrogens is 1. The third kappa shape index (κ3) is 3.76. The fourth-order valence-electron chi connectivity index (χ4n) is 2.35. The fraction of sp³-hybridized carbons (Fsp3) is 0.438. The number of amides is 1. The Morgan fingerprint density at radius 1 is 1.38 bits per heavy atom. The quantitative estimate of drug-likeness (QED) is 0.803. The van der Waals surface area contributed by atoms with Crippen LogP contribution in [0.15, 0.2) is 24.3 Å². The minimum atomic E-state index is -0.00415. The number of H-pyrrole nitrogens is 1. The SMILES string of the molecule is COCCN(CC(C)C)C(=O)c1cc2cc(N)ccc2[nH]1. The van der Waals surface area contributed by atoms with Crippen LogP contribution in [0.2, 0.25) is 0 Å². The van der Waals surface area contributed by atoms with Crippen LogP contribution in [0.1, 0.15) is 24.3 Å². The average Bonchev–Trinajstić information content (AvgIpc) is 2.85. The van der Waals surface area contributed by atoms with Gasteiger partial charge < -0.3 is 20.4 Å². The Labute approximate surface area is 125 Å². The average molecular weight is 289 g/mol. The van der Waals surface area contributed by atoms with Gasteiger partial charge in [-0.25, -0.2) is 0 Å². The van der Waals surface area contributed by atoms with Crippen molar-refractivity contribution in [3.05, 3.63) is 30.0 Å². The van der Waals surface area contributed by atoms with Gasteiger partial charge in [-0.15, -0.1) is 0 Å². The first kappa shape index (κ1) is 15.4. The zero-order valence-corrected chi connectivity index (χ0v) is 12.8. The molecule has 114 valence electrons. The summed E-state index contributed by atoms with van der Waals surface area (Å²) in [5, 5.41) is 0.953. The largest absolute Gasteiger partial charge is 0.399 e. The van der Waals surface area contributed by atoms with Crippen LogP contribution < -0.4 is 5.73 Å². The van der Waals surface area contributed by atoms with Crippen LogP contribution >= 0.6 is 0 Å². The number of nitrogen functional groups attached to an aromatic ring is 1. The molecule has 5 heteroatoms. The predicted octanol–water partition coefficient (Wildman–Crippen LogP) is 2.49. The van der Waals surface area contributed by atoms with E-state index in [1.165, 1.54) is 0 Å². The summed E-state index contributed by atoms with van der Waals surface area (Å²) in [4.78, 5) is 17.6. The lowest BCUT2D eigenvalue weighted by Crippen LogP contribution is -2.36. The number of methoxy groups -OCH3 is 1. The number of carbonyl (C=O) groups excluding carboxylic acids is 1. The molecule has 0 saturated carbocycles. The zero-order chi connectivity index (χ0) is 15.4. The summed E-state index contributed by atoms with van der Waals surface area (Å²) >= 11 is 0. The zero-order valence-electron chi connectivity index (χ0n) is 12.8. The number of hydrogen-bond acceptors (Lipinski definition) is 3. The minimum absolute atomic E-state index is 0.00415. The van der Waals surface area contributed by atoms with E-state index in [1.807, 2.05) is 29.2 Å². The second-order valence-electron chi connectivity index (χ2n) is 5.67. The van der Waals surface area contributed by atoms with Gasteiger partial charge in [0.15, 0.2) is 0 Å². The van der Waals surface area contributed by atoms with E-state index in [-0.39, 0.29) is 5.91 Å². The maximum atomic E-state index is 12.6. The van der Waals surface area contributed by atoms with Crippen molar-refractivity contribution in [2.75, 3.05) is 32.5 Å². The Hall–Kier alpha value is -2.01. The Bertz CT molecular complexity index is 619. The van der Waals surface area contributed by atoms with Crippen molar-refractivity contribution in [2.45, 2.75) is 13.8 Å². The normalized spacial score (nSPS) is 11.2. The lowest BCUT2D eigenvalue weighted by Gasteiger charge is -2.23. The Morgan fingerprint density at radius 2 is 2.14 bits per heavy atom. The number of carbonyl (C=O) groups is 1. The second-order valence-corrected chi connectivity index (χ2v) is 5.67. The smallest absolute Gasteiger partial charge is 0.270 e. The van der Waals surface area contributed by atoms with Crippen LogP contribution in [0.25, 0.3) is 10.9 Å². The van der Waals surface area contributed by atoms with Gasteiger partial charge in [-0.05, 0) is 30.2 Å². The number of ether oxygens (including phenoxy) is 1. The molecule has 0 bridgehead atoms. The molecule has 0 fully saturated rings. The molecule has 0 unspecified atom stereocenters. The number of benzene rings is 1. The van der Waals surface area contributed by atoms with Gasteiger partial charge in [0.25, 0.3) is 5.91 Å². The van der Waals surface area contributed by atoms with Gasteiger partial charge in [-0.1, -0.05) is 13.8 Å². The molecule has 0 aliphatic carbocycles. The molecule has 1 amide bonds. The van der Waals surface area contributed by atoms with Crippen molar-refractivity contribution in [3.8, 4) is 0 Å². The van der Waals surface area contributed by atoms with E-state index >= 15 is 0 Å². The van der Waals surface area contributed by atoms with Gasteiger partial charge in [0, 0.05) is 36.8 Å². The van der Waals surface area contributed by atoms with Crippen LogP contribution in [0.5, 0.6) is 0 Å². The van der Waals surface area contributed by atoms with E-state index in [0.717, 1.165) is 10.9 Å². The summed E-state index contributed by atoms with van der Waals surface area (Å²) in [5.41, 5.74) is 7.98. The molecule has 0 radical (unpaired) electrons. The summed E-state index contributed by atoms with van der Waals surface area (Å²) in [5.74, 6) is 0.404. The van der Waals surface area contributed by atoms with E-state index in [9.17, 15) is 4.79 Å². The Kier molecular flexibility index (Phi) is 4.85. The highest BCUT2D eigenvalue weighted by Gasteiger charge is 2.18. The lowest BCUT2D eigenvalue weighted by atomic mass is 10.2. The summed E-state index contributed by atoms with van der Waals surface area (Å²) in [6, 6.07) is 7.44. The van der Waals surface area contributed by atoms with Gasteiger partial charge in [-0.3, -0.25) is 4.79 Å². The molecule has 2 aromatic rings. The van der Waals surface area contributed by atoms with Gasteiger partial charge >= 0.3 is 0 Å². The van der Waals surface area contributed by atoms with Crippen molar-refractivity contribution >= 4 is 22.5 Å². The van der Waals surface area contributed by atoms with Gasteiger partial charge in [0.05, 0.1) is 6.61 Å². The van der Waals surface area contributed by atoms with Crippen LogP contribution in [0.3, 0.4) is 0 Å². The first-order valence-electron chi connectivity index (χ1n) is 7.17. The van der Waals surface area contributed by atoms with Crippen molar-refractivity contribution < 1.29 is 9.53 Å². The van der Waals surface area contributed by atoms with Crippen molar-refractivity contribution in [3.63, 3.8) is 0 Å². The molecule has 0 aliphatic rings. The van der Waals surface area contributed by atoms with E-state index < -0.39 is 0 Å². The van der Waals surface area contributed by atoms with Gasteiger partial charge in [0.1, 0.15) is 5.69 Å². The number of aromatic amines is 1. The van der Waals surface area contributed by atoms with Crippen LogP contribution in [0.4, 0.5) is 5.69 Å². The molecule has 2 rings (SSSR count). The standard InChI is InChI=1S/C16H23N3O2/c1-11(2)10-19(6-7-21-3)16(20)15-9-12-8-13(17)4-5-14(12)18-15/h4-5,8-9,11,18H,6-7,10,17H2,1-3H3. The maximum absolute atomic E-state index is 12.6. The second kappa shape index (κ2) is 6.63. The lowest BCUT2D eigenvalue weighted by molar-refractivity contribution is 0.0667. The molecule has 1 aromatic heterocycles. The number of hydrogen-bond donors (Lipinski definition) is 2. The molecule has 0 spiro atoms. The van der Waals surface area contributed by atoms with Crippen molar-refractivity contribution in [2.24, 2.45) is 5.92 Å². The number of nitrogens with two attached hydrogens (primary N) is 1. The number of anilines is 1. The molecule has 0 atom stereocenters. The molecule has 3 N–H and O–H groups in total. The van der Waals surface area contributed by atoms with Gasteiger partial charge in [0.2, 0.25) is 0 Å². The summed E-state index contributed by atoms with van der Waals surface area (Å²) < 4.78 is 5.09. The summed E-state index contributed by atoms with van der Waals surface area (Å²) in [7, 11) is 1.64. The molecule has 0 saturated heterocycles. The fourth-order valence-corrected chi connectivity index (χ4v) is 2.35. The van der Waals surface area contributed by atoms with E-state index in [4.69, 9.17) is 10.5 Å². The first-order valence-corrected chi connectivity index (χ1v) is 7.17. The van der Waals surface area contributed by atoms with Crippen LogP contribution in [-0.2, 0) is 4.74 Å². The summed E-state index contributed by atoms with van der Waals surface area (Å²) in [6.07, 6.45) is 0. The topological polar surface area (TPSA) is 71.3 Å². The third-order valence-corrected chi connectivity index (χ3v) is 3.31. The monoisotopic (exact) mass is 289 g/mol.